The highest BCUT2D eigenvalue weighted by Crippen LogP contribution is 2.50. The number of rotatable bonds is 4. The van der Waals surface area contributed by atoms with E-state index in [0.29, 0.717) is 17.4 Å². The van der Waals surface area contributed by atoms with Gasteiger partial charge >= 0.3 is 0 Å². The van der Waals surface area contributed by atoms with E-state index in [1.165, 1.54) is 62.9 Å². The number of ether oxygens (including phenoxy) is 1. The molecule has 3 aliphatic rings. The predicted octanol–water partition coefficient (Wildman–Crippen LogP) is 4.22. The molecule has 1 aliphatic carbocycles. The summed E-state index contributed by atoms with van der Waals surface area (Å²) >= 11 is 2.07. The van der Waals surface area contributed by atoms with Gasteiger partial charge < -0.3 is 10.5 Å². The van der Waals surface area contributed by atoms with Gasteiger partial charge in [0, 0.05) is 18.4 Å². The van der Waals surface area contributed by atoms with Crippen LogP contribution in [0.4, 0.5) is 0 Å². The zero-order valence-electron chi connectivity index (χ0n) is 13.9. The molecule has 0 aromatic rings. The SMILES string of the molecule is CC(C)CC1(C(N)C2CCOC3(CCSC3)C2)CCCC1. The molecule has 3 fully saturated rings. The highest BCUT2D eigenvalue weighted by atomic mass is 32.2. The molecular weight excluding hydrogens is 278 g/mol. The Kier molecular flexibility index (Phi) is 4.93. The smallest absolute Gasteiger partial charge is 0.0783 e. The van der Waals surface area contributed by atoms with E-state index in [-0.39, 0.29) is 5.60 Å². The topological polar surface area (TPSA) is 35.2 Å². The van der Waals surface area contributed by atoms with E-state index in [9.17, 15) is 0 Å². The van der Waals surface area contributed by atoms with Gasteiger partial charge in [0.15, 0.2) is 0 Å². The van der Waals surface area contributed by atoms with Crippen LogP contribution in [-0.4, -0.2) is 29.8 Å². The average Bonchev–Trinajstić information content (AvgIpc) is 3.08. The van der Waals surface area contributed by atoms with E-state index in [4.69, 9.17) is 10.5 Å². The van der Waals surface area contributed by atoms with Crippen molar-refractivity contribution in [2.24, 2.45) is 23.0 Å². The zero-order chi connectivity index (χ0) is 14.9. The van der Waals surface area contributed by atoms with Gasteiger partial charge in [-0.25, -0.2) is 0 Å². The van der Waals surface area contributed by atoms with Crippen LogP contribution < -0.4 is 5.73 Å². The van der Waals surface area contributed by atoms with Crippen LogP contribution in [0.5, 0.6) is 0 Å². The van der Waals surface area contributed by atoms with Crippen LogP contribution in [0.25, 0.3) is 0 Å². The number of hydrogen-bond donors (Lipinski definition) is 1. The van der Waals surface area contributed by atoms with Crippen LogP contribution >= 0.6 is 11.8 Å². The molecule has 2 aliphatic heterocycles. The summed E-state index contributed by atoms with van der Waals surface area (Å²) in [6, 6.07) is 0.397. The molecule has 0 bridgehead atoms. The molecule has 0 aromatic carbocycles. The summed E-state index contributed by atoms with van der Waals surface area (Å²) in [7, 11) is 0. The van der Waals surface area contributed by atoms with E-state index in [1.807, 2.05) is 0 Å². The van der Waals surface area contributed by atoms with Gasteiger partial charge in [0.25, 0.3) is 0 Å². The van der Waals surface area contributed by atoms with Crippen molar-refractivity contribution in [2.45, 2.75) is 76.9 Å². The summed E-state index contributed by atoms with van der Waals surface area (Å²) < 4.78 is 6.21. The van der Waals surface area contributed by atoms with Crippen LogP contribution in [-0.2, 0) is 4.74 Å². The summed E-state index contributed by atoms with van der Waals surface area (Å²) in [6.45, 7) is 5.68. The second-order valence-electron chi connectivity index (χ2n) is 8.28. The van der Waals surface area contributed by atoms with E-state index < -0.39 is 0 Å². The quantitative estimate of drug-likeness (QED) is 0.844. The molecule has 0 radical (unpaired) electrons. The summed E-state index contributed by atoms with van der Waals surface area (Å²) in [5.41, 5.74) is 7.54. The van der Waals surface area contributed by atoms with Crippen molar-refractivity contribution in [2.75, 3.05) is 18.1 Å². The summed E-state index contributed by atoms with van der Waals surface area (Å²) in [5, 5.41) is 0. The summed E-state index contributed by atoms with van der Waals surface area (Å²) in [4.78, 5) is 0. The summed E-state index contributed by atoms with van der Waals surface area (Å²) in [6.07, 6.45) is 10.5. The fourth-order valence-corrected chi connectivity index (χ4v) is 6.68. The third kappa shape index (κ3) is 3.30. The average molecular weight is 312 g/mol. The molecule has 1 spiro atoms. The molecule has 1 saturated carbocycles. The predicted molar refractivity (Wildman–Crippen MR) is 91.7 cm³/mol. The molecule has 3 heteroatoms. The lowest BCUT2D eigenvalue weighted by Gasteiger charge is -2.46. The Labute approximate surface area is 135 Å². The molecule has 2 N–H and O–H groups in total. The Hall–Kier alpha value is 0.270. The van der Waals surface area contributed by atoms with Gasteiger partial charge in [-0.3, -0.25) is 0 Å². The van der Waals surface area contributed by atoms with Gasteiger partial charge in [0.05, 0.1) is 5.60 Å². The van der Waals surface area contributed by atoms with Gasteiger partial charge in [-0.2, -0.15) is 11.8 Å². The van der Waals surface area contributed by atoms with Gasteiger partial charge in [-0.15, -0.1) is 0 Å². The van der Waals surface area contributed by atoms with Crippen LogP contribution in [0, 0.1) is 17.3 Å². The molecule has 2 nitrogen and oxygen atoms in total. The third-order valence-electron chi connectivity index (χ3n) is 6.23. The van der Waals surface area contributed by atoms with Crippen molar-refractivity contribution in [3.63, 3.8) is 0 Å². The van der Waals surface area contributed by atoms with E-state index in [2.05, 4.69) is 25.6 Å². The maximum absolute atomic E-state index is 6.93. The highest BCUT2D eigenvalue weighted by molar-refractivity contribution is 7.99. The van der Waals surface area contributed by atoms with Gasteiger partial charge in [-0.1, -0.05) is 26.7 Å². The second kappa shape index (κ2) is 6.41. The molecule has 2 heterocycles. The standard InChI is InChI=1S/C18H33NOS/c1-14(2)11-17(6-3-4-7-17)16(19)15-5-9-20-18(12-15)8-10-21-13-18/h14-16H,3-13,19H2,1-2H3. The maximum Gasteiger partial charge on any atom is 0.0783 e. The minimum Gasteiger partial charge on any atom is -0.374 e. The highest BCUT2D eigenvalue weighted by Gasteiger charge is 2.48. The van der Waals surface area contributed by atoms with Gasteiger partial charge in [0.2, 0.25) is 0 Å². The lowest BCUT2D eigenvalue weighted by Crippen LogP contribution is -2.52. The molecule has 0 amide bonds. The molecule has 3 rings (SSSR count). The summed E-state index contributed by atoms with van der Waals surface area (Å²) in [5.74, 6) is 3.94. The first kappa shape index (κ1) is 16.1. The molecular formula is C18H33NOS. The van der Waals surface area contributed by atoms with Crippen LogP contribution in [0.3, 0.4) is 0 Å². The van der Waals surface area contributed by atoms with E-state index in [0.717, 1.165) is 12.5 Å². The maximum atomic E-state index is 6.93. The monoisotopic (exact) mass is 311 g/mol. The fraction of sp³-hybridized carbons (Fsp3) is 1.00. The Morgan fingerprint density at radius 3 is 2.62 bits per heavy atom. The van der Waals surface area contributed by atoms with Crippen molar-refractivity contribution in [3.8, 4) is 0 Å². The van der Waals surface area contributed by atoms with Crippen molar-refractivity contribution in [1.82, 2.24) is 0 Å². The third-order valence-corrected chi connectivity index (χ3v) is 7.45. The lowest BCUT2D eigenvalue weighted by atomic mass is 9.66. The minimum absolute atomic E-state index is 0.183. The van der Waals surface area contributed by atoms with E-state index in [1.54, 1.807) is 0 Å². The second-order valence-corrected chi connectivity index (χ2v) is 9.39. The van der Waals surface area contributed by atoms with E-state index >= 15 is 0 Å². The van der Waals surface area contributed by atoms with Crippen LogP contribution in [0.2, 0.25) is 0 Å². The first-order valence-corrected chi connectivity index (χ1v) is 10.2. The Morgan fingerprint density at radius 2 is 2.00 bits per heavy atom. The molecule has 2 saturated heterocycles. The normalized spacial score (nSPS) is 37.4. The Morgan fingerprint density at radius 1 is 1.24 bits per heavy atom. The first-order chi connectivity index (χ1) is 10.1. The fourth-order valence-electron chi connectivity index (χ4n) is 5.30. The molecule has 3 atom stereocenters. The van der Waals surface area contributed by atoms with Gasteiger partial charge in [0.1, 0.15) is 0 Å². The van der Waals surface area contributed by atoms with Crippen molar-refractivity contribution in [1.29, 1.82) is 0 Å². The molecule has 122 valence electrons. The molecule has 3 unspecified atom stereocenters. The van der Waals surface area contributed by atoms with Crippen molar-refractivity contribution in [3.05, 3.63) is 0 Å². The number of hydrogen-bond acceptors (Lipinski definition) is 3. The van der Waals surface area contributed by atoms with Gasteiger partial charge in [-0.05, 0) is 61.5 Å². The molecule has 21 heavy (non-hydrogen) atoms. The first-order valence-electron chi connectivity index (χ1n) is 9.03. The molecule has 0 aromatic heterocycles. The Balaban J connectivity index is 1.71. The Bertz CT molecular complexity index is 345. The number of thioether (sulfide) groups is 1. The van der Waals surface area contributed by atoms with Crippen LogP contribution in [0.15, 0.2) is 0 Å². The zero-order valence-corrected chi connectivity index (χ0v) is 14.7. The van der Waals surface area contributed by atoms with Crippen LogP contribution in [0.1, 0.15) is 65.2 Å². The largest absolute Gasteiger partial charge is 0.374 e. The number of nitrogens with two attached hydrogens (primary N) is 1. The van der Waals surface area contributed by atoms with Crippen molar-refractivity contribution >= 4 is 11.8 Å². The van der Waals surface area contributed by atoms with Crippen molar-refractivity contribution < 1.29 is 4.74 Å². The minimum atomic E-state index is 0.183. The lowest BCUT2D eigenvalue weighted by molar-refractivity contribution is -0.0916.